The number of nitrogens with two attached hydrogens (primary N) is 4. The zero-order chi connectivity index (χ0) is 105. The van der Waals surface area contributed by atoms with Crippen molar-refractivity contribution < 1.29 is 80.3 Å². The van der Waals surface area contributed by atoms with Crippen molar-refractivity contribution in [3.63, 3.8) is 0 Å². The van der Waals surface area contributed by atoms with Crippen molar-refractivity contribution in [1.29, 1.82) is 5.26 Å². The highest BCUT2D eigenvalue weighted by molar-refractivity contribution is 6.39. The first-order valence-electron chi connectivity index (χ1n) is 45.3. The summed E-state index contributed by atoms with van der Waals surface area (Å²) in [6, 6.07) is 74.7. The summed E-state index contributed by atoms with van der Waals surface area (Å²) in [6.07, 6.45) is 10.1. The fraction of sp³-hybridized carbons (Fsp3) is 0.159. The summed E-state index contributed by atoms with van der Waals surface area (Å²) in [7, 11) is 8.28. The lowest BCUT2D eigenvalue weighted by Gasteiger charge is -2.16. The van der Waals surface area contributed by atoms with E-state index < -0.39 is 131 Å². The molecule has 0 fully saturated rings. The highest BCUT2D eigenvalue weighted by Gasteiger charge is 2.35. The van der Waals surface area contributed by atoms with Crippen molar-refractivity contribution in [3.05, 3.63) is 388 Å². The van der Waals surface area contributed by atoms with Gasteiger partial charge in [0.15, 0.2) is 17.4 Å². The second-order valence-corrected chi connectivity index (χ2v) is 33.3. The summed E-state index contributed by atoms with van der Waals surface area (Å²) in [4.78, 5) is 176. The minimum absolute atomic E-state index is 0.0261. The van der Waals surface area contributed by atoms with Crippen molar-refractivity contribution >= 4 is 93.0 Å². The number of aromatic nitrogens is 13. The second kappa shape index (κ2) is 50.6. The van der Waals surface area contributed by atoms with Crippen LogP contribution in [0.4, 0.5) is 13.2 Å². The number of rotatable bonds is 36. The molecule has 0 aliphatic rings. The van der Waals surface area contributed by atoms with Crippen molar-refractivity contribution in [1.82, 2.24) is 90.7 Å². The third kappa shape index (κ3) is 28.9. The number of fused-ring (bicyclic) bond motifs is 1. The van der Waals surface area contributed by atoms with Crippen LogP contribution in [0.2, 0.25) is 0 Å². The number of hydrogen-bond donors (Lipinski definition) is 10. The molecule has 0 aliphatic heterocycles. The van der Waals surface area contributed by atoms with Gasteiger partial charge in [0.1, 0.15) is 71.1 Å². The number of aromatic amines is 1. The molecule has 0 radical (unpaired) electrons. The number of alkyl halides is 1. The van der Waals surface area contributed by atoms with Crippen LogP contribution < -0.4 is 49.5 Å². The van der Waals surface area contributed by atoms with Crippen LogP contribution in [0.25, 0.3) is 56.1 Å². The van der Waals surface area contributed by atoms with E-state index in [2.05, 4.69) is 67.3 Å². The fourth-order valence-electron chi connectivity index (χ4n) is 15.4. The lowest BCUT2D eigenvalue weighted by Crippen LogP contribution is -2.47. The molecule has 7 heterocycles. The van der Waals surface area contributed by atoms with Gasteiger partial charge in [0.25, 0.3) is 53.2 Å². The number of nitriles is 1. The number of amides is 9. The number of halogens is 3. The molecule has 0 saturated heterocycles. The average Bonchev–Trinajstić information content (AvgIpc) is 1.63. The van der Waals surface area contributed by atoms with Crippen molar-refractivity contribution in [2.24, 2.45) is 58.2 Å². The van der Waals surface area contributed by atoms with E-state index in [4.69, 9.17) is 28.2 Å². The van der Waals surface area contributed by atoms with E-state index in [0.717, 1.165) is 50.4 Å². The molecule has 0 aliphatic carbocycles. The van der Waals surface area contributed by atoms with Crippen LogP contribution >= 0.6 is 0 Å². The maximum atomic E-state index is 14.3. The molecule has 5 unspecified atom stereocenters. The molecule has 16 rings (SSSR count). The van der Waals surface area contributed by atoms with Crippen LogP contribution in [-0.4, -0.2) is 183 Å². The standard InChI is InChI=1S/C22H20N6O3.C22H22N4O3.C21H18F2N4O3.C21H20FN3O2.C21H18N6O3/c1-28-12-15(19(27-28)18-14-9-5-6-10-16(14)25-26-18)22(31)24-17(20(29)21(23)30)11-13-7-3-2-4-8-13;1-26-14-17(18(25-26)12-15-8-4-2-5-9-15)22(29)24-19(20(27)21(23)28)13-16-10-6-3-7-11-16;1-27-11-14(18(26-27)13-8-5-9-15(22)17(13)23)21(30)25-16(19(28)20(24)29)10-12-6-3-2-4-7-12;1-25-14-17(20(24-25)16-10-6-3-7-11-16)21(27)23-18(19(26)13-22)12-15-8-4-2-5-9-15;1-27-12-16(18(26-27)14-7-8-15(10-22)24-11-14)21(30)25-17(19(28)20(23)29)9-13-5-3-2-4-6-13/h2-10,12,17H,11H2,1H3,(H2,23,30)(H,24,31)(H,25,26);2-11,14,19H,12-13H2,1H3,(H2,23,28)(H,24,29);2-9,11,16H,10H2,1H3,(H2,24,29)(H,25,30);2-11,14,18H,12-13H2,1H3,(H,23,27);2-8,11-12,17H,9H2,1H3,(H2,23,29)(H,25,30). The van der Waals surface area contributed by atoms with E-state index in [1.54, 1.807) is 129 Å². The number of para-hydroxylation sites is 1. The van der Waals surface area contributed by atoms with Crippen molar-refractivity contribution in [2.45, 2.75) is 68.7 Å². The number of pyridine rings is 1. The number of hydrogen-bond acceptors (Lipinski definition) is 22. The van der Waals surface area contributed by atoms with E-state index in [1.807, 2.05) is 176 Å². The lowest BCUT2D eigenvalue weighted by atomic mass is 10.0. The molecule has 0 bridgehead atoms. The Morgan fingerprint density at radius 2 is 0.667 bits per heavy atom. The van der Waals surface area contributed by atoms with Crippen molar-refractivity contribution in [2.75, 3.05) is 6.67 Å². The van der Waals surface area contributed by atoms with Crippen LogP contribution in [0, 0.1) is 23.0 Å². The number of aryl methyl sites for hydroxylation is 5. The third-order valence-electron chi connectivity index (χ3n) is 22.5. The molecule has 7 aromatic heterocycles. The molecular weight excluding hydrogens is 1890 g/mol. The molecule has 40 heteroatoms. The van der Waals surface area contributed by atoms with Crippen LogP contribution in [0.3, 0.4) is 0 Å². The van der Waals surface area contributed by atoms with Crippen LogP contribution in [0.15, 0.2) is 304 Å². The zero-order valence-electron chi connectivity index (χ0n) is 79.7. The Morgan fingerprint density at radius 1 is 0.347 bits per heavy atom. The summed E-state index contributed by atoms with van der Waals surface area (Å²) < 4.78 is 48.2. The monoisotopic (exact) mass is 1990 g/mol. The van der Waals surface area contributed by atoms with Gasteiger partial charge >= 0.3 is 0 Å². The van der Waals surface area contributed by atoms with E-state index in [1.165, 1.54) is 57.9 Å². The summed E-state index contributed by atoms with van der Waals surface area (Å²) in [6.45, 7) is -1.13. The molecule has 16 aromatic rings. The molecule has 5 atom stereocenters. The first-order valence-corrected chi connectivity index (χ1v) is 45.3. The van der Waals surface area contributed by atoms with Crippen molar-refractivity contribution in [3.8, 4) is 51.2 Å². The maximum absolute atomic E-state index is 14.3. The Labute approximate surface area is 838 Å². The van der Waals surface area contributed by atoms with Gasteiger partial charge in [0, 0.05) is 127 Å². The Morgan fingerprint density at radius 3 is 1.05 bits per heavy atom. The summed E-state index contributed by atoms with van der Waals surface area (Å²) >= 11 is 0. The number of benzene rings is 9. The predicted octanol–water partition coefficient (Wildman–Crippen LogP) is 8.24. The average molecular weight is 1990 g/mol. The van der Waals surface area contributed by atoms with Gasteiger partial charge in [-0.3, -0.25) is 95.6 Å². The van der Waals surface area contributed by atoms with E-state index in [-0.39, 0.29) is 65.7 Å². The van der Waals surface area contributed by atoms with E-state index in [9.17, 15) is 80.3 Å². The third-order valence-corrected chi connectivity index (χ3v) is 22.5. The number of Topliss-reactive ketones (excluding diaryl/α,β-unsaturated/α-hetero) is 5. The molecule has 9 aromatic carbocycles. The number of carbonyl (C=O) groups is 14. The van der Waals surface area contributed by atoms with E-state index in [0.29, 0.717) is 57.1 Å². The van der Waals surface area contributed by atoms with Crippen LogP contribution in [-0.2, 0) is 117 Å². The molecule has 0 saturated carbocycles. The van der Waals surface area contributed by atoms with Gasteiger partial charge in [0.05, 0.1) is 45.1 Å². The first-order chi connectivity index (χ1) is 70.6. The van der Waals surface area contributed by atoms with Gasteiger partial charge < -0.3 is 49.5 Å². The second-order valence-electron chi connectivity index (χ2n) is 33.3. The number of nitrogens with one attached hydrogen (secondary N) is 6. The number of H-pyrrole nitrogens is 1. The number of nitrogens with zero attached hydrogens (tertiary/aromatic N) is 13. The highest BCUT2D eigenvalue weighted by Crippen LogP contribution is 2.31. The van der Waals surface area contributed by atoms with Gasteiger partial charge in [-0.2, -0.15) is 35.9 Å². The van der Waals surface area contributed by atoms with Gasteiger partial charge in [-0.1, -0.05) is 237 Å². The molecule has 0 spiro atoms. The van der Waals surface area contributed by atoms with Crippen LogP contribution in [0.5, 0.6) is 0 Å². The fourth-order valence-corrected chi connectivity index (χ4v) is 15.4. The highest BCUT2D eigenvalue weighted by atomic mass is 19.2. The quantitative estimate of drug-likeness (QED) is 0.0165. The molecule has 9 amide bonds. The molecule has 147 heavy (non-hydrogen) atoms. The minimum atomic E-state index is -1.23. The SMILES string of the molecule is Cn1cc(C(=O)NC(Cc2ccccc2)C(=O)C(N)=O)c(-c2ccc(C#N)nc2)n1.Cn1cc(C(=O)NC(Cc2ccccc2)C(=O)C(N)=O)c(-c2cccc(F)c2F)n1.Cn1cc(C(=O)NC(Cc2ccccc2)C(=O)C(N)=O)c(-c2n[nH]c3ccccc23)n1.Cn1cc(C(=O)NC(Cc2ccccc2)C(=O)C(N)=O)c(Cc2ccccc2)n1.Cn1cc(C(=O)NC(Cc2ccccc2)C(=O)CF)c(-c2ccccc2)n1. The number of carbonyl (C=O) groups excluding carboxylic acids is 14. The van der Waals surface area contributed by atoms with Crippen LogP contribution in [0.1, 0.15) is 96.6 Å². The Balaban J connectivity index is 0.000000163. The summed E-state index contributed by atoms with van der Waals surface area (Å²) in [5.41, 5.74) is 31.0. The molecule has 746 valence electrons. The number of ketones is 5. The molecule has 14 N–H and O–H groups in total. The Kier molecular flexibility index (Phi) is 36.6. The summed E-state index contributed by atoms with van der Waals surface area (Å²) in [5.74, 6) is -13.8. The van der Waals surface area contributed by atoms with Gasteiger partial charge in [-0.05, 0) is 70.1 Å². The lowest BCUT2D eigenvalue weighted by molar-refractivity contribution is -0.137. The topological polar surface area (TPSA) is 558 Å². The largest absolute Gasteiger partial charge is 0.363 e. The first kappa shape index (κ1) is 106. The maximum Gasteiger partial charge on any atom is 0.287 e. The summed E-state index contributed by atoms with van der Waals surface area (Å²) in [5, 5.41) is 51.4. The Bertz CT molecular complexity index is 7500. The smallest absolute Gasteiger partial charge is 0.287 e. The zero-order valence-corrected chi connectivity index (χ0v) is 79.7. The molecule has 37 nitrogen and oxygen atoms in total. The van der Waals surface area contributed by atoms with Gasteiger partial charge in [0.2, 0.25) is 23.1 Å². The van der Waals surface area contributed by atoms with Gasteiger partial charge in [-0.25, -0.2) is 18.2 Å². The normalized spacial score (nSPS) is 11.7. The Hall–Kier alpha value is -19.5. The predicted molar refractivity (Wildman–Crippen MR) is 534 cm³/mol. The minimum Gasteiger partial charge on any atom is -0.363 e. The molecular formula is C107H98F3N23O14. The van der Waals surface area contributed by atoms with Gasteiger partial charge in [-0.15, -0.1) is 0 Å². The number of primary amides is 4. The van der Waals surface area contributed by atoms with E-state index >= 15 is 0 Å².